The highest BCUT2D eigenvalue weighted by molar-refractivity contribution is 6.30. The lowest BCUT2D eigenvalue weighted by Gasteiger charge is -2.28. The van der Waals surface area contributed by atoms with Crippen LogP contribution in [0.4, 0.5) is 0 Å². The van der Waals surface area contributed by atoms with Crippen molar-refractivity contribution in [1.29, 1.82) is 0 Å². The van der Waals surface area contributed by atoms with E-state index in [0.29, 0.717) is 18.4 Å². The third kappa shape index (κ3) is 5.40. The first-order valence-corrected chi connectivity index (χ1v) is 11.6. The zero-order valence-electron chi connectivity index (χ0n) is 18.3. The minimum Gasteiger partial charge on any atom is -0.480 e. The molecular formula is C26H29ClN2O3. The molecule has 0 aliphatic heterocycles. The first-order chi connectivity index (χ1) is 15.5. The topological polar surface area (TPSA) is 64.4 Å². The Morgan fingerprint density at radius 1 is 1.03 bits per heavy atom. The summed E-state index contributed by atoms with van der Waals surface area (Å²) in [6, 6.07) is 18.4. The Morgan fingerprint density at radius 3 is 2.34 bits per heavy atom. The normalized spacial score (nSPS) is 18.6. The molecule has 168 valence electrons. The molecule has 1 aromatic heterocycles. The van der Waals surface area contributed by atoms with Gasteiger partial charge in [-0.25, -0.2) is 4.79 Å². The van der Waals surface area contributed by atoms with Crippen LogP contribution in [0.15, 0.2) is 54.6 Å². The second-order valence-electron chi connectivity index (χ2n) is 8.66. The molecule has 1 aliphatic rings. The maximum absolute atomic E-state index is 10.7. The lowest BCUT2D eigenvalue weighted by atomic mass is 9.82. The highest BCUT2D eigenvalue weighted by atomic mass is 35.5. The van der Waals surface area contributed by atoms with Gasteiger partial charge in [-0.3, -0.25) is 4.68 Å². The highest BCUT2D eigenvalue weighted by Crippen LogP contribution is 2.37. The summed E-state index contributed by atoms with van der Waals surface area (Å²) in [7, 11) is 0. The molecule has 5 nitrogen and oxygen atoms in total. The summed E-state index contributed by atoms with van der Waals surface area (Å²) in [6.45, 7) is 3.28. The molecule has 3 aromatic rings. The molecule has 0 saturated heterocycles. The van der Waals surface area contributed by atoms with Gasteiger partial charge in [-0.05, 0) is 62.1 Å². The van der Waals surface area contributed by atoms with Crippen LogP contribution >= 0.6 is 11.6 Å². The number of hydrogen-bond donors (Lipinski definition) is 1. The maximum Gasteiger partial charge on any atom is 0.329 e. The van der Waals surface area contributed by atoms with E-state index < -0.39 is 5.97 Å². The van der Waals surface area contributed by atoms with Gasteiger partial charge in [0.1, 0.15) is 6.61 Å². The minimum atomic E-state index is -0.905. The van der Waals surface area contributed by atoms with Crippen molar-refractivity contribution < 1.29 is 14.6 Å². The van der Waals surface area contributed by atoms with Gasteiger partial charge in [0.25, 0.3) is 0 Å². The maximum atomic E-state index is 10.7. The molecule has 1 fully saturated rings. The molecule has 1 heterocycles. The van der Waals surface area contributed by atoms with Crippen LogP contribution in [0.2, 0.25) is 5.02 Å². The summed E-state index contributed by atoms with van der Waals surface area (Å²) in [5, 5.41) is 14.4. The number of halogens is 1. The third-order valence-electron chi connectivity index (χ3n) is 6.28. The summed E-state index contributed by atoms with van der Waals surface area (Å²) in [4.78, 5) is 10.7. The first-order valence-electron chi connectivity index (χ1n) is 11.2. The Hall–Kier alpha value is -2.63. The van der Waals surface area contributed by atoms with E-state index in [4.69, 9.17) is 26.5 Å². The summed E-state index contributed by atoms with van der Waals surface area (Å²) in [5.74, 6) is 0.0893. The number of carboxylic acids is 1. The van der Waals surface area contributed by atoms with Crippen molar-refractivity contribution in [1.82, 2.24) is 9.78 Å². The van der Waals surface area contributed by atoms with Gasteiger partial charge < -0.3 is 9.84 Å². The molecule has 0 spiro atoms. The fourth-order valence-corrected chi connectivity index (χ4v) is 4.83. The number of aliphatic carboxylic acids is 1. The van der Waals surface area contributed by atoms with Crippen molar-refractivity contribution in [3.05, 3.63) is 65.3 Å². The number of carboxylic acid groups (broad SMARTS) is 1. The van der Waals surface area contributed by atoms with Crippen LogP contribution in [0.5, 0.6) is 0 Å². The Morgan fingerprint density at radius 2 is 1.69 bits per heavy atom. The van der Waals surface area contributed by atoms with Gasteiger partial charge in [-0.2, -0.15) is 5.10 Å². The smallest absolute Gasteiger partial charge is 0.329 e. The number of nitrogens with zero attached hydrogens (tertiary/aromatic N) is 2. The first kappa shape index (κ1) is 22.6. The Labute approximate surface area is 194 Å². The predicted molar refractivity (Wildman–Crippen MR) is 127 cm³/mol. The Balaban J connectivity index is 1.54. The van der Waals surface area contributed by atoms with Gasteiger partial charge in [-0.15, -0.1) is 0 Å². The molecule has 32 heavy (non-hydrogen) atoms. The molecule has 0 radical (unpaired) electrons. The monoisotopic (exact) mass is 452 g/mol. The summed E-state index contributed by atoms with van der Waals surface area (Å²) in [5.41, 5.74) is 5.60. The lowest BCUT2D eigenvalue weighted by molar-refractivity contribution is -0.142. The van der Waals surface area contributed by atoms with Crippen molar-refractivity contribution in [2.75, 3.05) is 13.2 Å². The van der Waals surface area contributed by atoms with Gasteiger partial charge in [0, 0.05) is 22.7 Å². The van der Waals surface area contributed by atoms with Crippen LogP contribution in [0, 0.1) is 18.8 Å². The average molecular weight is 453 g/mol. The van der Waals surface area contributed by atoms with Crippen molar-refractivity contribution in [3.63, 3.8) is 0 Å². The Kier molecular flexibility index (Phi) is 7.28. The third-order valence-corrected chi connectivity index (χ3v) is 6.54. The summed E-state index contributed by atoms with van der Waals surface area (Å²) >= 11 is 6.13. The van der Waals surface area contributed by atoms with E-state index in [2.05, 4.69) is 48.0 Å². The van der Waals surface area contributed by atoms with Crippen molar-refractivity contribution in [2.45, 2.75) is 39.2 Å². The van der Waals surface area contributed by atoms with Crippen LogP contribution in [0.25, 0.3) is 22.4 Å². The van der Waals surface area contributed by atoms with Crippen LogP contribution in [0.3, 0.4) is 0 Å². The largest absolute Gasteiger partial charge is 0.480 e. The van der Waals surface area contributed by atoms with Crippen LogP contribution < -0.4 is 0 Å². The second-order valence-corrected chi connectivity index (χ2v) is 9.10. The van der Waals surface area contributed by atoms with Crippen molar-refractivity contribution >= 4 is 17.6 Å². The van der Waals surface area contributed by atoms with E-state index in [1.165, 1.54) is 0 Å². The van der Waals surface area contributed by atoms with Crippen LogP contribution in [-0.4, -0.2) is 34.1 Å². The van der Waals surface area contributed by atoms with Gasteiger partial charge >= 0.3 is 5.97 Å². The van der Waals surface area contributed by atoms with Gasteiger partial charge in [0.2, 0.25) is 0 Å². The van der Waals surface area contributed by atoms with Gasteiger partial charge in [0.05, 0.1) is 18.0 Å². The zero-order chi connectivity index (χ0) is 22.5. The molecule has 1 aliphatic carbocycles. The number of ether oxygens (including phenoxy) is 1. The van der Waals surface area contributed by atoms with Crippen LogP contribution in [0.1, 0.15) is 31.4 Å². The van der Waals surface area contributed by atoms with E-state index in [9.17, 15) is 4.79 Å². The quantitative estimate of drug-likeness (QED) is 0.449. The fourth-order valence-electron chi connectivity index (χ4n) is 4.70. The molecule has 4 rings (SSSR count). The highest BCUT2D eigenvalue weighted by Gasteiger charge is 2.25. The van der Waals surface area contributed by atoms with Crippen molar-refractivity contribution in [3.8, 4) is 22.4 Å². The molecule has 0 amide bonds. The number of hydrogen-bond acceptors (Lipinski definition) is 3. The molecular weight excluding hydrogens is 424 g/mol. The van der Waals surface area contributed by atoms with E-state index in [1.807, 2.05) is 18.2 Å². The Bertz CT molecular complexity index is 1040. The zero-order valence-corrected chi connectivity index (χ0v) is 19.1. The van der Waals surface area contributed by atoms with Crippen LogP contribution in [-0.2, 0) is 16.1 Å². The molecule has 1 N–H and O–H groups in total. The SMILES string of the molecule is Cc1nn(C[C@H]2CC[C@@H](COCC(=O)O)CC2)c(-c2ccccc2)c1-c1ccc(Cl)cc1. The second kappa shape index (κ2) is 10.3. The summed E-state index contributed by atoms with van der Waals surface area (Å²) < 4.78 is 7.50. The van der Waals surface area contributed by atoms with E-state index in [0.717, 1.165) is 65.3 Å². The molecule has 0 bridgehead atoms. The lowest BCUT2D eigenvalue weighted by Crippen LogP contribution is -2.23. The van der Waals surface area contributed by atoms with E-state index in [1.54, 1.807) is 0 Å². The number of rotatable bonds is 8. The standard InChI is InChI=1S/C26H29ClN2O3/c1-18-25(21-11-13-23(27)14-12-21)26(22-5-3-2-4-6-22)29(28-18)15-19-7-9-20(10-8-19)16-32-17-24(30)31/h2-6,11-14,19-20H,7-10,15-17H2,1H3,(H,30,31)/t19-,20+. The molecule has 2 aromatic carbocycles. The molecule has 0 unspecified atom stereocenters. The molecule has 0 atom stereocenters. The summed E-state index contributed by atoms with van der Waals surface area (Å²) in [6.07, 6.45) is 4.33. The fraction of sp³-hybridized carbons (Fsp3) is 0.385. The minimum absolute atomic E-state index is 0.208. The number of aromatic nitrogens is 2. The number of benzene rings is 2. The number of aryl methyl sites for hydroxylation is 1. The molecule has 6 heteroatoms. The van der Waals surface area contributed by atoms with Gasteiger partial charge in [0.15, 0.2) is 0 Å². The van der Waals surface area contributed by atoms with Gasteiger partial charge in [-0.1, -0.05) is 54.1 Å². The number of carbonyl (C=O) groups is 1. The van der Waals surface area contributed by atoms with E-state index in [-0.39, 0.29) is 6.61 Å². The predicted octanol–water partition coefficient (Wildman–Crippen LogP) is 6.09. The average Bonchev–Trinajstić information content (AvgIpc) is 3.11. The van der Waals surface area contributed by atoms with Crippen molar-refractivity contribution in [2.24, 2.45) is 11.8 Å². The van der Waals surface area contributed by atoms with E-state index >= 15 is 0 Å². The molecule has 1 saturated carbocycles.